The van der Waals surface area contributed by atoms with E-state index in [4.69, 9.17) is 0 Å². The highest BCUT2D eigenvalue weighted by molar-refractivity contribution is 5.85. The molecule has 0 spiro atoms. The van der Waals surface area contributed by atoms with Gasteiger partial charge in [-0.25, -0.2) is 4.68 Å². The summed E-state index contributed by atoms with van der Waals surface area (Å²) >= 11 is 0. The van der Waals surface area contributed by atoms with Crippen molar-refractivity contribution in [2.75, 3.05) is 26.2 Å². The van der Waals surface area contributed by atoms with E-state index in [1.165, 1.54) is 0 Å². The largest absolute Gasteiger partial charge is 0.342 e. The fourth-order valence-electron chi connectivity index (χ4n) is 3.87. The lowest BCUT2D eigenvalue weighted by atomic mass is 9.92. The summed E-state index contributed by atoms with van der Waals surface area (Å²) in [6, 6.07) is 0. The predicted octanol–water partition coefficient (Wildman–Crippen LogP) is 2.32. The molecule has 3 rings (SSSR count). The molecule has 5 nitrogen and oxygen atoms in total. The van der Waals surface area contributed by atoms with Gasteiger partial charge in [0.15, 0.2) is 0 Å². The normalized spacial score (nSPS) is 23.8. The van der Waals surface area contributed by atoms with Gasteiger partial charge in [-0.05, 0) is 51.6 Å². The molecule has 0 aliphatic carbocycles. The van der Waals surface area contributed by atoms with Gasteiger partial charge in [0, 0.05) is 24.3 Å². The first-order valence-corrected chi connectivity index (χ1v) is 8.28. The maximum absolute atomic E-state index is 12.9. The van der Waals surface area contributed by atoms with Crippen LogP contribution in [-0.2, 0) is 11.2 Å². The molecule has 0 unspecified atom stereocenters. The molecule has 3 heterocycles. The number of halogens is 3. The van der Waals surface area contributed by atoms with E-state index in [2.05, 4.69) is 10.4 Å². The molecule has 0 radical (unpaired) electrons. The quantitative estimate of drug-likeness (QED) is 0.897. The van der Waals surface area contributed by atoms with Gasteiger partial charge in [-0.15, -0.1) is 12.4 Å². The standard InChI is InChI=1S/C16H24F2N4O.ClH/c1-10-14(11(2)22(20-10)16(17)18)7-15(23)21-5-3-12-8-19-9-13(12)4-6-21;/h12-13,16,19H,3-9H2,1-2H3;1H/t12-,13+;. The van der Waals surface area contributed by atoms with Crippen molar-refractivity contribution in [3.8, 4) is 0 Å². The minimum absolute atomic E-state index is 0. The van der Waals surface area contributed by atoms with Gasteiger partial charge in [0.05, 0.1) is 12.1 Å². The Morgan fingerprint density at radius 2 is 1.83 bits per heavy atom. The summed E-state index contributed by atoms with van der Waals surface area (Å²) in [5.74, 6) is 1.36. The van der Waals surface area contributed by atoms with Crippen LogP contribution in [0.25, 0.3) is 0 Å². The molecule has 0 saturated carbocycles. The molecule has 2 saturated heterocycles. The number of hydrogen-bond donors (Lipinski definition) is 1. The number of aryl methyl sites for hydroxylation is 1. The second-order valence-electron chi connectivity index (χ2n) is 6.68. The van der Waals surface area contributed by atoms with E-state index in [9.17, 15) is 13.6 Å². The number of amides is 1. The SMILES string of the molecule is Cc1nn(C(F)F)c(C)c1CC(=O)N1CC[C@@H]2CNC[C@@H]2CC1.Cl. The maximum atomic E-state index is 12.9. The third-order valence-corrected chi connectivity index (χ3v) is 5.36. The molecule has 2 aliphatic heterocycles. The first-order chi connectivity index (χ1) is 11.0. The van der Waals surface area contributed by atoms with Gasteiger partial charge >= 0.3 is 6.55 Å². The van der Waals surface area contributed by atoms with Crippen molar-refractivity contribution >= 4 is 18.3 Å². The Labute approximate surface area is 147 Å². The van der Waals surface area contributed by atoms with Crippen LogP contribution in [-0.4, -0.2) is 46.8 Å². The van der Waals surface area contributed by atoms with Gasteiger partial charge < -0.3 is 10.2 Å². The molecule has 1 amide bonds. The molecule has 2 atom stereocenters. The summed E-state index contributed by atoms with van der Waals surface area (Å²) in [6.45, 7) is 4.26. The molecule has 24 heavy (non-hydrogen) atoms. The van der Waals surface area contributed by atoms with Crippen molar-refractivity contribution in [2.24, 2.45) is 11.8 Å². The first-order valence-electron chi connectivity index (χ1n) is 8.28. The van der Waals surface area contributed by atoms with Crippen LogP contribution in [0, 0.1) is 25.7 Å². The fraction of sp³-hybridized carbons (Fsp3) is 0.750. The highest BCUT2D eigenvalue weighted by Gasteiger charge is 2.31. The Morgan fingerprint density at radius 1 is 1.25 bits per heavy atom. The minimum atomic E-state index is -2.66. The lowest BCUT2D eigenvalue weighted by molar-refractivity contribution is -0.130. The Hall–Kier alpha value is -1.21. The smallest absolute Gasteiger partial charge is 0.333 e. The number of fused-ring (bicyclic) bond motifs is 1. The molecule has 2 fully saturated rings. The van der Waals surface area contributed by atoms with Crippen LogP contribution in [0.5, 0.6) is 0 Å². The molecule has 1 aromatic heterocycles. The highest BCUT2D eigenvalue weighted by atomic mass is 35.5. The van der Waals surface area contributed by atoms with Crippen LogP contribution in [0.4, 0.5) is 8.78 Å². The second-order valence-corrected chi connectivity index (χ2v) is 6.68. The third-order valence-electron chi connectivity index (χ3n) is 5.36. The number of likely N-dealkylation sites (tertiary alicyclic amines) is 1. The lowest BCUT2D eigenvalue weighted by Gasteiger charge is -2.21. The first kappa shape index (κ1) is 19.1. The zero-order valence-electron chi connectivity index (χ0n) is 14.1. The number of aromatic nitrogens is 2. The van der Waals surface area contributed by atoms with E-state index in [0.717, 1.165) is 39.0 Å². The molecule has 1 aromatic rings. The van der Waals surface area contributed by atoms with E-state index >= 15 is 0 Å². The average Bonchev–Trinajstić information content (AvgIpc) is 3.00. The average molecular weight is 363 g/mol. The van der Waals surface area contributed by atoms with Crippen LogP contribution >= 0.6 is 12.4 Å². The van der Waals surface area contributed by atoms with E-state index in [1.54, 1.807) is 13.8 Å². The van der Waals surface area contributed by atoms with Gasteiger partial charge in [0.25, 0.3) is 0 Å². The number of hydrogen-bond acceptors (Lipinski definition) is 3. The molecular weight excluding hydrogens is 338 g/mol. The van der Waals surface area contributed by atoms with E-state index < -0.39 is 6.55 Å². The molecule has 2 aliphatic rings. The molecular formula is C16H25ClF2N4O. The number of carbonyl (C=O) groups excluding carboxylic acids is 1. The van der Waals surface area contributed by atoms with Gasteiger partial charge in [0.1, 0.15) is 0 Å². The van der Waals surface area contributed by atoms with Crippen molar-refractivity contribution in [3.63, 3.8) is 0 Å². The maximum Gasteiger partial charge on any atom is 0.333 e. The highest BCUT2D eigenvalue weighted by Crippen LogP contribution is 2.28. The molecule has 8 heteroatoms. The van der Waals surface area contributed by atoms with Crippen LogP contribution in [0.3, 0.4) is 0 Å². The van der Waals surface area contributed by atoms with E-state index in [1.807, 2.05) is 4.90 Å². The number of nitrogens with one attached hydrogen (secondary N) is 1. The second kappa shape index (κ2) is 7.78. The zero-order chi connectivity index (χ0) is 16.6. The number of nitrogens with zero attached hydrogens (tertiary/aromatic N) is 3. The van der Waals surface area contributed by atoms with Gasteiger partial charge in [-0.1, -0.05) is 0 Å². The minimum Gasteiger partial charge on any atom is -0.342 e. The van der Waals surface area contributed by atoms with Crippen LogP contribution in [0.2, 0.25) is 0 Å². The molecule has 0 bridgehead atoms. The fourth-order valence-corrected chi connectivity index (χ4v) is 3.87. The van der Waals surface area contributed by atoms with Crippen molar-refractivity contribution in [1.82, 2.24) is 20.0 Å². The van der Waals surface area contributed by atoms with Crippen molar-refractivity contribution < 1.29 is 13.6 Å². The van der Waals surface area contributed by atoms with Crippen molar-refractivity contribution in [2.45, 2.75) is 39.7 Å². The summed E-state index contributed by atoms with van der Waals surface area (Å²) in [6.07, 6.45) is 2.22. The van der Waals surface area contributed by atoms with Crippen molar-refractivity contribution in [3.05, 3.63) is 17.0 Å². The number of alkyl halides is 2. The third kappa shape index (κ3) is 3.72. The summed E-state index contributed by atoms with van der Waals surface area (Å²) < 4.78 is 26.5. The summed E-state index contributed by atoms with van der Waals surface area (Å²) in [5, 5.41) is 7.28. The van der Waals surface area contributed by atoms with Crippen LogP contribution < -0.4 is 5.32 Å². The van der Waals surface area contributed by atoms with E-state index in [0.29, 0.717) is 33.5 Å². The Balaban J connectivity index is 0.00000208. The zero-order valence-corrected chi connectivity index (χ0v) is 14.9. The number of rotatable bonds is 3. The topological polar surface area (TPSA) is 50.2 Å². The Morgan fingerprint density at radius 3 is 2.33 bits per heavy atom. The Kier molecular flexibility index (Phi) is 6.20. The Bertz CT molecular complexity index is 579. The van der Waals surface area contributed by atoms with Crippen molar-refractivity contribution in [1.29, 1.82) is 0 Å². The summed E-state index contributed by atoms with van der Waals surface area (Å²) in [7, 11) is 0. The van der Waals surface area contributed by atoms with E-state index in [-0.39, 0.29) is 24.7 Å². The lowest BCUT2D eigenvalue weighted by Crippen LogP contribution is -2.34. The van der Waals surface area contributed by atoms with Crippen LogP contribution in [0.15, 0.2) is 0 Å². The van der Waals surface area contributed by atoms with Gasteiger partial charge in [-0.2, -0.15) is 13.9 Å². The van der Waals surface area contributed by atoms with Gasteiger partial charge in [-0.3, -0.25) is 4.79 Å². The van der Waals surface area contributed by atoms with Crippen LogP contribution in [0.1, 0.15) is 36.3 Å². The molecule has 136 valence electrons. The molecule has 0 aromatic carbocycles. The summed E-state index contributed by atoms with van der Waals surface area (Å²) in [5.41, 5.74) is 1.55. The predicted molar refractivity (Wildman–Crippen MR) is 89.6 cm³/mol. The monoisotopic (exact) mass is 362 g/mol. The summed E-state index contributed by atoms with van der Waals surface area (Å²) in [4.78, 5) is 14.5. The molecule has 1 N–H and O–H groups in total. The van der Waals surface area contributed by atoms with Gasteiger partial charge in [0.2, 0.25) is 5.91 Å². The number of carbonyl (C=O) groups is 1.